The topological polar surface area (TPSA) is 79.8 Å². The lowest BCUT2D eigenvalue weighted by atomic mass is 10.1. The summed E-state index contributed by atoms with van der Waals surface area (Å²) in [5.74, 6) is -1.13. The van der Waals surface area contributed by atoms with E-state index in [1.165, 1.54) is 13.3 Å². The normalized spacial score (nSPS) is 10.6. The van der Waals surface area contributed by atoms with Crippen molar-refractivity contribution in [2.75, 3.05) is 12.4 Å². The number of hydrogen-bond donors (Lipinski definition) is 2. The molecule has 2 aromatic carbocycles. The fourth-order valence-electron chi connectivity index (χ4n) is 2.20. The SMILES string of the molecule is COc1ccc(Cl)cc1/C=N\NC(=O)C(=O)Nc1c(C)cccc1C. The molecule has 2 rings (SSSR count). The average Bonchev–Trinajstić information content (AvgIpc) is 2.58. The number of ether oxygens (including phenoxy) is 1. The van der Waals surface area contributed by atoms with Gasteiger partial charge in [0.05, 0.1) is 13.3 Å². The van der Waals surface area contributed by atoms with Gasteiger partial charge in [0.2, 0.25) is 0 Å². The van der Waals surface area contributed by atoms with Crippen LogP contribution in [0.2, 0.25) is 5.02 Å². The molecule has 0 bridgehead atoms. The summed E-state index contributed by atoms with van der Waals surface area (Å²) in [6, 6.07) is 10.6. The molecule has 0 saturated carbocycles. The first-order valence-electron chi connectivity index (χ1n) is 7.46. The van der Waals surface area contributed by atoms with E-state index in [-0.39, 0.29) is 0 Å². The molecule has 0 fully saturated rings. The van der Waals surface area contributed by atoms with Crippen molar-refractivity contribution in [2.24, 2.45) is 5.10 Å². The molecule has 130 valence electrons. The monoisotopic (exact) mass is 359 g/mol. The standard InChI is InChI=1S/C18H18ClN3O3/c1-11-5-4-6-12(2)16(11)21-17(23)18(24)22-20-10-13-9-14(19)7-8-15(13)25-3/h4-10H,1-3H3,(H,21,23)(H,22,24)/b20-10-. The van der Waals surface area contributed by atoms with Crippen molar-refractivity contribution in [2.45, 2.75) is 13.8 Å². The maximum absolute atomic E-state index is 12.0. The van der Waals surface area contributed by atoms with Crippen LogP contribution in [0.25, 0.3) is 0 Å². The fraction of sp³-hybridized carbons (Fsp3) is 0.167. The van der Waals surface area contributed by atoms with E-state index in [4.69, 9.17) is 16.3 Å². The molecular weight excluding hydrogens is 342 g/mol. The molecule has 0 aliphatic rings. The van der Waals surface area contributed by atoms with Gasteiger partial charge in [-0.3, -0.25) is 9.59 Å². The van der Waals surface area contributed by atoms with Crippen LogP contribution in [0.4, 0.5) is 5.69 Å². The van der Waals surface area contributed by atoms with E-state index in [1.54, 1.807) is 18.2 Å². The number of methoxy groups -OCH3 is 1. The van der Waals surface area contributed by atoms with Gasteiger partial charge in [-0.2, -0.15) is 5.10 Å². The Bertz CT molecular complexity index is 814. The summed E-state index contributed by atoms with van der Waals surface area (Å²) in [5, 5.41) is 6.86. The van der Waals surface area contributed by atoms with Crippen molar-refractivity contribution in [3.63, 3.8) is 0 Å². The first-order chi connectivity index (χ1) is 11.9. The molecule has 0 heterocycles. The largest absolute Gasteiger partial charge is 0.496 e. The molecule has 2 N–H and O–H groups in total. The van der Waals surface area contributed by atoms with Crippen molar-refractivity contribution in [1.82, 2.24) is 5.43 Å². The van der Waals surface area contributed by atoms with Crippen LogP contribution in [0.1, 0.15) is 16.7 Å². The number of aryl methyl sites for hydroxylation is 2. The van der Waals surface area contributed by atoms with E-state index in [9.17, 15) is 9.59 Å². The van der Waals surface area contributed by atoms with Gasteiger partial charge in [0.15, 0.2) is 0 Å². The van der Waals surface area contributed by atoms with Crippen LogP contribution in [-0.4, -0.2) is 25.1 Å². The van der Waals surface area contributed by atoms with Crippen molar-refractivity contribution in [3.8, 4) is 5.75 Å². The van der Waals surface area contributed by atoms with Crippen LogP contribution in [0.5, 0.6) is 5.75 Å². The lowest BCUT2D eigenvalue weighted by molar-refractivity contribution is -0.136. The van der Waals surface area contributed by atoms with Gasteiger partial charge in [-0.15, -0.1) is 0 Å². The Morgan fingerprint density at radius 1 is 1.12 bits per heavy atom. The maximum Gasteiger partial charge on any atom is 0.329 e. The van der Waals surface area contributed by atoms with Crippen molar-refractivity contribution < 1.29 is 14.3 Å². The van der Waals surface area contributed by atoms with Crippen LogP contribution in [0.3, 0.4) is 0 Å². The summed E-state index contributed by atoms with van der Waals surface area (Å²) >= 11 is 5.92. The second kappa shape index (κ2) is 8.30. The van der Waals surface area contributed by atoms with E-state index in [0.717, 1.165) is 11.1 Å². The van der Waals surface area contributed by atoms with Crippen LogP contribution >= 0.6 is 11.6 Å². The number of benzene rings is 2. The molecule has 0 unspecified atom stereocenters. The number of nitrogens with one attached hydrogen (secondary N) is 2. The second-order valence-electron chi connectivity index (χ2n) is 5.31. The van der Waals surface area contributed by atoms with Gasteiger partial charge >= 0.3 is 11.8 Å². The molecule has 0 radical (unpaired) electrons. The number of anilines is 1. The number of hydrogen-bond acceptors (Lipinski definition) is 4. The molecule has 0 aliphatic heterocycles. The van der Waals surface area contributed by atoms with Crippen LogP contribution in [0.15, 0.2) is 41.5 Å². The van der Waals surface area contributed by atoms with Crippen molar-refractivity contribution >= 4 is 35.3 Å². The molecule has 7 heteroatoms. The third-order valence-electron chi connectivity index (χ3n) is 3.49. The van der Waals surface area contributed by atoms with E-state index >= 15 is 0 Å². The molecule has 0 aliphatic carbocycles. The Hall–Kier alpha value is -2.86. The van der Waals surface area contributed by atoms with E-state index < -0.39 is 11.8 Å². The van der Waals surface area contributed by atoms with E-state index in [0.29, 0.717) is 22.0 Å². The average molecular weight is 360 g/mol. The number of hydrazone groups is 1. The maximum atomic E-state index is 12.0. The van der Waals surface area contributed by atoms with Gasteiger partial charge < -0.3 is 10.1 Å². The Morgan fingerprint density at radius 3 is 2.44 bits per heavy atom. The highest BCUT2D eigenvalue weighted by molar-refractivity contribution is 6.39. The molecule has 6 nitrogen and oxygen atoms in total. The number of amides is 2. The Morgan fingerprint density at radius 2 is 1.80 bits per heavy atom. The molecule has 0 atom stereocenters. The Balaban J connectivity index is 2.03. The lowest BCUT2D eigenvalue weighted by Gasteiger charge is -2.10. The molecule has 0 spiro atoms. The van der Waals surface area contributed by atoms with Crippen LogP contribution in [0, 0.1) is 13.8 Å². The molecular formula is C18H18ClN3O3. The number of halogens is 1. The predicted molar refractivity (Wildman–Crippen MR) is 98.3 cm³/mol. The predicted octanol–water partition coefficient (Wildman–Crippen LogP) is 3.05. The fourth-order valence-corrected chi connectivity index (χ4v) is 2.38. The minimum absolute atomic E-state index is 0.501. The van der Waals surface area contributed by atoms with Gasteiger partial charge in [0.1, 0.15) is 5.75 Å². The molecule has 0 saturated heterocycles. The number of nitrogens with zero attached hydrogens (tertiary/aromatic N) is 1. The molecule has 25 heavy (non-hydrogen) atoms. The minimum atomic E-state index is -0.875. The zero-order chi connectivity index (χ0) is 18.4. The van der Waals surface area contributed by atoms with E-state index in [2.05, 4.69) is 15.8 Å². The third-order valence-corrected chi connectivity index (χ3v) is 3.72. The highest BCUT2D eigenvalue weighted by Crippen LogP contribution is 2.21. The summed E-state index contributed by atoms with van der Waals surface area (Å²) in [5.41, 5.74) is 5.11. The van der Waals surface area contributed by atoms with E-state index in [1.807, 2.05) is 32.0 Å². The van der Waals surface area contributed by atoms with Gasteiger partial charge in [0.25, 0.3) is 0 Å². The summed E-state index contributed by atoms with van der Waals surface area (Å²) in [7, 11) is 1.51. The Labute approximate surface area is 150 Å². The third kappa shape index (κ3) is 4.81. The molecule has 2 aromatic rings. The number of carbonyl (C=O) groups is 2. The van der Waals surface area contributed by atoms with Crippen molar-refractivity contribution in [3.05, 3.63) is 58.1 Å². The zero-order valence-corrected chi connectivity index (χ0v) is 14.8. The minimum Gasteiger partial charge on any atom is -0.496 e. The molecule has 0 aromatic heterocycles. The summed E-state index contributed by atoms with van der Waals surface area (Å²) in [6.45, 7) is 3.70. The van der Waals surface area contributed by atoms with Crippen LogP contribution in [-0.2, 0) is 9.59 Å². The first-order valence-corrected chi connectivity index (χ1v) is 7.84. The van der Waals surface area contributed by atoms with Crippen LogP contribution < -0.4 is 15.5 Å². The highest BCUT2D eigenvalue weighted by Gasteiger charge is 2.15. The highest BCUT2D eigenvalue weighted by atomic mass is 35.5. The van der Waals surface area contributed by atoms with Gasteiger partial charge in [-0.1, -0.05) is 29.8 Å². The summed E-state index contributed by atoms with van der Waals surface area (Å²) in [6.07, 6.45) is 1.36. The number of para-hydroxylation sites is 1. The zero-order valence-electron chi connectivity index (χ0n) is 14.1. The number of rotatable bonds is 4. The van der Waals surface area contributed by atoms with Gasteiger partial charge in [-0.25, -0.2) is 5.43 Å². The number of carbonyl (C=O) groups excluding carboxylic acids is 2. The van der Waals surface area contributed by atoms with Gasteiger partial charge in [-0.05, 0) is 43.2 Å². The lowest BCUT2D eigenvalue weighted by Crippen LogP contribution is -2.32. The summed E-state index contributed by atoms with van der Waals surface area (Å²) in [4.78, 5) is 23.9. The second-order valence-corrected chi connectivity index (χ2v) is 5.74. The van der Waals surface area contributed by atoms with Gasteiger partial charge in [0, 0.05) is 16.3 Å². The smallest absolute Gasteiger partial charge is 0.329 e. The summed E-state index contributed by atoms with van der Waals surface area (Å²) < 4.78 is 5.17. The Kier molecular flexibility index (Phi) is 6.14. The quantitative estimate of drug-likeness (QED) is 0.500. The molecule has 2 amide bonds. The van der Waals surface area contributed by atoms with Crippen molar-refractivity contribution in [1.29, 1.82) is 0 Å². The first kappa shape index (κ1) is 18.5.